The molecule has 0 radical (unpaired) electrons. The standard InChI is InChI=1S/C25H36ClN3O5/c1-8-9-10-19(30)18-13-17(33-20-12-11-16(26)14-27-20)15-29(18)22(31)21(24(2,3)4)28-23(32)34-25(5,6)7/h8,11-12,14,17-18,21H,1,9-10,13,15H2,2-7H3,(H,28,32)/t17-,18+,21-/m1/s1. The van der Waals surface area contributed by atoms with Crippen LogP contribution in [0.2, 0.25) is 5.02 Å². The Morgan fingerprint density at radius 1 is 1.26 bits per heavy atom. The van der Waals surface area contributed by atoms with Crippen LogP contribution in [0.5, 0.6) is 5.88 Å². The Morgan fingerprint density at radius 3 is 2.47 bits per heavy atom. The van der Waals surface area contributed by atoms with Crippen LogP contribution in [0.15, 0.2) is 31.0 Å². The number of rotatable bonds is 8. The molecule has 34 heavy (non-hydrogen) atoms. The van der Waals surface area contributed by atoms with Gasteiger partial charge in [0.05, 0.1) is 17.6 Å². The lowest BCUT2D eigenvalue weighted by Gasteiger charge is -2.35. The third kappa shape index (κ3) is 8.01. The Bertz CT molecular complexity index is 889. The zero-order valence-electron chi connectivity index (χ0n) is 20.9. The lowest BCUT2D eigenvalue weighted by Crippen LogP contribution is -2.57. The van der Waals surface area contributed by atoms with Gasteiger partial charge in [-0.3, -0.25) is 9.59 Å². The molecule has 0 aliphatic carbocycles. The van der Waals surface area contributed by atoms with Crippen molar-refractivity contribution in [1.29, 1.82) is 0 Å². The third-order valence-electron chi connectivity index (χ3n) is 5.27. The van der Waals surface area contributed by atoms with Crippen LogP contribution < -0.4 is 10.1 Å². The molecule has 0 spiro atoms. The van der Waals surface area contributed by atoms with Gasteiger partial charge >= 0.3 is 6.09 Å². The van der Waals surface area contributed by atoms with Crippen LogP contribution in [-0.2, 0) is 14.3 Å². The number of aromatic nitrogens is 1. The van der Waals surface area contributed by atoms with Crippen molar-refractivity contribution >= 4 is 29.4 Å². The number of nitrogens with one attached hydrogen (secondary N) is 1. The molecule has 0 unspecified atom stereocenters. The first-order chi connectivity index (χ1) is 15.7. The van der Waals surface area contributed by atoms with E-state index >= 15 is 0 Å². The largest absolute Gasteiger partial charge is 0.472 e. The number of carbonyl (C=O) groups excluding carboxylic acids is 3. The zero-order valence-corrected chi connectivity index (χ0v) is 21.6. The van der Waals surface area contributed by atoms with E-state index in [1.165, 1.54) is 11.1 Å². The Labute approximate surface area is 207 Å². The molecule has 1 aromatic heterocycles. The summed E-state index contributed by atoms with van der Waals surface area (Å²) in [5.74, 6) is -0.0703. The summed E-state index contributed by atoms with van der Waals surface area (Å²) in [6.07, 6.45) is 3.14. The predicted octanol–water partition coefficient (Wildman–Crippen LogP) is 4.56. The van der Waals surface area contributed by atoms with E-state index in [0.717, 1.165) is 0 Å². The van der Waals surface area contributed by atoms with E-state index in [0.29, 0.717) is 23.7 Å². The van der Waals surface area contributed by atoms with Gasteiger partial charge in [-0.2, -0.15) is 0 Å². The number of allylic oxidation sites excluding steroid dienone is 1. The highest BCUT2D eigenvalue weighted by molar-refractivity contribution is 6.30. The van der Waals surface area contributed by atoms with Crippen LogP contribution in [0.1, 0.15) is 60.8 Å². The van der Waals surface area contributed by atoms with Crippen LogP contribution in [0, 0.1) is 5.41 Å². The summed E-state index contributed by atoms with van der Waals surface area (Å²) in [4.78, 5) is 44.9. The van der Waals surface area contributed by atoms with Crippen molar-refractivity contribution in [3.63, 3.8) is 0 Å². The Balaban J connectivity index is 2.27. The van der Waals surface area contributed by atoms with E-state index in [1.807, 2.05) is 20.8 Å². The quantitative estimate of drug-likeness (QED) is 0.533. The first-order valence-corrected chi connectivity index (χ1v) is 11.8. The fourth-order valence-electron chi connectivity index (χ4n) is 3.69. The Hall–Kier alpha value is -2.61. The molecule has 9 heteroatoms. The summed E-state index contributed by atoms with van der Waals surface area (Å²) in [5, 5.41) is 3.20. The molecule has 2 rings (SSSR count). The molecular weight excluding hydrogens is 458 g/mol. The fraction of sp³-hybridized carbons (Fsp3) is 0.600. The number of Topliss-reactive ketones (excluding diaryl/α,β-unsaturated/α-hetero) is 1. The van der Waals surface area contributed by atoms with E-state index in [-0.39, 0.29) is 24.7 Å². The van der Waals surface area contributed by atoms with Gasteiger partial charge in [-0.15, -0.1) is 6.58 Å². The van der Waals surface area contributed by atoms with Crippen LogP contribution in [0.3, 0.4) is 0 Å². The molecule has 1 fully saturated rings. The molecule has 1 aliphatic heterocycles. The van der Waals surface area contributed by atoms with Gasteiger partial charge in [0.15, 0.2) is 5.78 Å². The molecule has 8 nitrogen and oxygen atoms in total. The summed E-state index contributed by atoms with van der Waals surface area (Å²) in [6, 6.07) is 1.73. The van der Waals surface area contributed by atoms with Gasteiger partial charge in [-0.1, -0.05) is 38.4 Å². The molecule has 1 aromatic rings. The van der Waals surface area contributed by atoms with Gasteiger partial charge in [-0.05, 0) is 38.7 Å². The van der Waals surface area contributed by atoms with Crippen LogP contribution >= 0.6 is 11.6 Å². The van der Waals surface area contributed by atoms with E-state index in [2.05, 4.69) is 16.9 Å². The summed E-state index contributed by atoms with van der Waals surface area (Å²) in [5.41, 5.74) is -1.34. The summed E-state index contributed by atoms with van der Waals surface area (Å²) in [7, 11) is 0. The van der Waals surface area contributed by atoms with Gasteiger partial charge in [-0.25, -0.2) is 9.78 Å². The maximum atomic E-state index is 13.7. The topological polar surface area (TPSA) is 97.8 Å². The van der Waals surface area contributed by atoms with Crippen LogP contribution in [-0.4, -0.2) is 58.0 Å². The summed E-state index contributed by atoms with van der Waals surface area (Å²) < 4.78 is 11.3. The minimum absolute atomic E-state index is 0.0756. The van der Waals surface area contributed by atoms with E-state index < -0.39 is 35.3 Å². The third-order valence-corrected chi connectivity index (χ3v) is 5.50. The molecule has 188 valence electrons. The number of pyridine rings is 1. The van der Waals surface area contributed by atoms with Gasteiger partial charge in [0.2, 0.25) is 11.8 Å². The minimum Gasteiger partial charge on any atom is -0.472 e. The molecule has 1 aliphatic rings. The molecule has 2 amide bonds. The SMILES string of the molecule is C=CCCC(=O)[C@@H]1C[C@@H](Oc2ccc(Cl)cn2)CN1C(=O)[C@@H](NC(=O)OC(C)(C)C)C(C)(C)C. The van der Waals surface area contributed by atoms with Gasteiger partial charge in [0, 0.05) is 25.1 Å². The predicted molar refractivity (Wildman–Crippen MR) is 131 cm³/mol. The number of ketones is 1. The van der Waals surface area contributed by atoms with Crippen molar-refractivity contribution in [2.75, 3.05) is 6.54 Å². The van der Waals surface area contributed by atoms with Crippen molar-refractivity contribution in [3.8, 4) is 5.88 Å². The number of nitrogens with zero attached hydrogens (tertiary/aromatic N) is 2. The number of halogens is 1. The summed E-state index contributed by atoms with van der Waals surface area (Å²) >= 11 is 5.90. The first-order valence-electron chi connectivity index (χ1n) is 11.4. The lowest BCUT2D eigenvalue weighted by atomic mass is 9.85. The van der Waals surface area contributed by atoms with Crippen LogP contribution in [0.4, 0.5) is 4.79 Å². The fourth-order valence-corrected chi connectivity index (χ4v) is 3.80. The average Bonchev–Trinajstić information content (AvgIpc) is 3.13. The second-order valence-electron chi connectivity index (χ2n) is 10.5. The van der Waals surface area contributed by atoms with E-state index in [9.17, 15) is 14.4 Å². The first kappa shape index (κ1) is 27.6. The molecular formula is C25H36ClN3O5. The molecule has 2 heterocycles. The normalized spacial score (nSPS) is 19.3. The summed E-state index contributed by atoms with van der Waals surface area (Å²) in [6.45, 7) is 14.7. The highest BCUT2D eigenvalue weighted by Gasteiger charge is 2.45. The van der Waals surface area contributed by atoms with Crippen molar-refractivity contribution in [2.45, 2.75) is 84.6 Å². The molecule has 1 saturated heterocycles. The van der Waals surface area contributed by atoms with E-state index in [4.69, 9.17) is 21.1 Å². The number of ether oxygens (including phenoxy) is 2. The van der Waals surface area contributed by atoms with Gasteiger partial charge < -0.3 is 19.7 Å². The van der Waals surface area contributed by atoms with Gasteiger partial charge in [0.1, 0.15) is 17.7 Å². The van der Waals surface area contributed by atoms with Crippen LogP contribution in [0.25, 0.3) is 0 Å². The zero-order chi connectivity index (χ0) is 25.7. The monoisotopic (exact) mass is 493 g/mol. The Morgan fingerprint density at radius 2 is 1.94 bits per heavy atom. The molecule has 0 aromatic carbocycles. The second kappa shape index (κ2) is 11.2. The number of carbonyl (C=O) groups is 3. The second-order valence-corrected chi connectivity index (χ2v) is 11.0. The smallest absolute Gasteiger partial charge is 0.408 e. The van der Waals surface area contributed by atoms with Crippen molar-refractivity contribution in [3.05, 3.63) is 36.0 Å². The minimum atomic E-state index is -0.899. The van der Waals surface area contributed by atoms with Crippen molar-refractivity contribution in [2.24, 2.45) is 5.41 Å². The molecule has 0 saturated carbocycles. The average molecular weight is 494 g/mol. The number of alkyl carbamates (subject to hydrolysis) is 1. The van der Waals surface area contributed by atoms with Gasteiger partial charge in [0.25, 0.3) is 0 Å². The number of likely N-dealkylation sites (tertiary alicyclic amines) is 1. The maximum absolute atomic E-state index is 13.7. The number of hydrogen-bond acceptors (Lipinski definition) is 6. The Kier molecular flexibility index (Phi) is 9.11. The molecule has 1 N–H and O–H groups in total. The van der Waals surface area contributed by atoms with Crippen molar-refractivity contribution in [1.82, 2.24) is 15.2 Å². The van der Waals surface area contributed by atoms with E-state index in [1.54, 1.807) is 39.0 Å². The number of amides is 2. The lowest BCUT2D eigenvalue weighted by molar-refractivity contribution is -0.141. The maximum Gasteiger partial charge on any atom is 0.408 e. The highest BCUT2D eigenvalue weighted by Crippen LogP contribution is 2.29. The molecule has 0 bridgehead atoms. The highest BCUT2D eigenvalue weighted by atomic mass is 35.5. The number of hydrogen-bond donors (Lipinski definition) is 1. The van der Waals surface area contributed by atoms with Crippen molar-refractivity contribution < 1.29 is 23.9 Å². The molecule has 3 atom stereocenters.